The van der Waals surface area contributed by atoms with E-state index in [2.05, 4.69) is 97.8 Å². The largest absolute Gasteiger partial charge is 0.462 e. The maximum Gasteiger partial charge on any atom is 0.333 e. The molecule has 0 N–H and O–H groups in total. The summed E-state index contributed by atoms with van der Waals surface area (Å²) >= 11 is 0. The molecule has 0 spiro atoms. The van der Waals surface area contributed by atoms with Gasteiger partial charge in [-0.25, -0.2) is 9.59 Å². The van der Waals surface area contributed by atoms with E-state index in [1.165, 1.54) is 16.7 Å². The predicted octanol–water partition coefficient (Wildman–Crippen LogP) is 9.91. The summed E-state index contributed by atoms with van der Waals surface area (Å²) in [5.41, 5.74) is 8.21. The molecule has 0 bridgehead atoms. The summed E-state index contributed by atoms with van der Waals surface area (Å²) in [6, 6.07) is 26.5. The number of hydrogen-bond acceptors (Lipinski definition) is 5. The smallest absolute Gasteiger partial charge is 0.333 e. The Balaban J connectivity index is 1.52. The number of benzene rings is 3. The van der Waals surface area contributed by atoms with Crippen LogP contribution in [0.4, 0.5) is 17.1 Å². The maximum atomic E-state index is 11.5. The summed E-state index contributed by atoms with van der Waals surface area (Å²) in [6.07, 6.45) is 10.4. The zero-order valence-electron chi connectivity index (χ0n) is 26.9. The number of aryl methyl sites for hydroxylation is 3. The Labute approximate surface area is 264 Å². The number of hydrogen-bond donors (Lipinski definition) is 0. The molecule has 3 aromatic carbocycles. The van der Waals surface area contributed by atoms with Crippen LogP contribution in [-0.2, 0) is 31.9 Å². The molecule has 5 heteroatoms. The van der Waals surface area contributed by atoms with Gasteiger partial charge in [0.2, 0.25) is 0 Å². The van der Waals surface area contributed by atoms with E-state index in [9.17, 15) is 9.59 Å². The molecule has 234 valence electrons. The van der Waals surface area contributed by atoms with Crippen molar-refractivity contribution in [2.45, 2.75) is 85.0 Å². The maximum absolute atomic E-state index is 11.5. The van der Waals surface area contributed by atoms with E-state index in [0.717, 1.165) is 81.3 Å². The van der Waals surface area contributed by atoms with Crippen LogP contribution in [0.25, 0.3) is 0 Å². The molecule has 0 aromatic heterocycles. The highest BCUT2D eigenvalue weighted by Crippen LogP contribution is 2.35. The lowest BCUT2D eigenvalue weighted by Crippen LogP contribution is -2.10. The van der Waals surface area contributed by atoms with Crippen molar-refractivity contribution < 1.29 is 19.1 Å². The van der Waals surface area contributed by atoms with Crippen molar-refractivity contribution in [3.63, 3.8) is 0 Å². The number of rotatable bonds is 19. The Kier molecular flexibility index (Phi) is 14.5. The molecule has 0 aliphatic rings. The molecule has 0 fully saturated rings. The Bertz CT molecular complexity index is 1260. The van der Waals surface area contributed by atoms with E-state index in [1.54, 1.807) is 13.8 Å². The lowest BCUT2D eigenvalue weighted by molar-refractivity contribution is -0.139. The number of nitrogens with zero attached hydrogens (tertiary/aromatic N) is 1. The number of esters is 2. The van der Waals surface area contributed by atoms with Crippen LogP contribution in [-0.4, -0.2) is 25.2 Å². The summed E-state index contributed by atoms with van der Waals surface area (Å²) in [5, 5.41) is 0. The second-order valence-electron chi connectivity index (χ2n) is 11.7. The van der Waals surface area contributed by atoms with Gasteiger partial charge in [0.1, 0.15) is 0 Å². The first kappa shape index (κ1) is 34.4. The van der Waals surface area contributed by atoms with Gasteiger partial charge in [0.05, 0.1) is 13.2 Å². The number of anilines is 3. The van der Waals surface area contributed by atoms with E-state index in [1.807, 2.05) is 0 Å². The van der Waals surface area contributed by atoms with Crippen LogP contribution < -0.4 is 4.90 Å². The van der Waals surface area contributed by atoms with Crippen molar-refractivity contribution in [2.24, 2.45) is 0 Å². The molecule has 3 aromatic rings. The van der Waals surface area contributed by atoms with Gasteiger partial charge in [-0.15, -0.1) is 0 Å². The zero-order chi connectivity index (χ0) is 31.7. The van der Waals surface area contributed by atoms with Crippen LogP contribution in [0.15, 0.2) is 97.1 Å². The Morgan fingerprint density at radius 1 is 0.545 bits per heavy atom. The Hall–Kier alpha value is -4.12. The average molecular weight is 596 g/mol. The third-order valence-electron chi connectivity index (χ3n) is 7.56. The zero-order valence-corrected chi connectivity index (χ0v) is 26.9. The molecule has 0 atom stereocenters. The highest BCUT2D eigenvalue weighted by atomic mass is 16.5. The van der Waals surface area contributed by atoms with E-state index in [4.69, 9.17) is 9.47 Å². The van der Waals surface area contributed by atoms with E-state index >= 15 is 0 Å². The third kappa shape index (κ3) is 11.9. The van der Waals surface area contributed by atoms with Gasteiger partial charge in [0, 0.05) is 28.2 Å². The number of carbonyl (C=O) groups excluding carboxylic acids is 2. The fourth-order valence-electron chi connectivity index (χ4n) is 4.91. The van der Waals surface area contributed by atoms with Gasteiger partial charge in [0.15, 0.2) is 0 Å². The second kappa shape index (κ2) is 18.5. The van der Waals surface area contributed by atoms with Crippen LogP contribution in [0.5, 0.6) is 0 Å². The lowest BCUT2D eigenvalue weighted by atomic mass is 10.0. The molecule has 0 aliphatic carbocycles. The molecule has 0 aliphatic heterocycles. The molecule has 5 nitrogen and oxygen atoms in total. The molecular formula is C39H49NO4. The summed E-state index contributed by atoms with van der Waals surface area (Å²) < 4.78 is 10.4. The van der Waals surface area contributed by atoms with Gasteiger partial charge in [-0.3, -0.25) is 0 Å². The van der Waals surface area contributed by atoms with Crippen LogP contribution in [0, 0.1) is 6.92 Å². The van der Waals surface area contributed by atoms with Crippen molar-refractivity contribution in [1.82, 2.24) is 0 Å². The molecule has 3 rings (SSSR count). The van der Waals surface area contributed by atoms with Crippen molar-refractivity contribution in [1.29, 1.82) is 0 Å². The minimum Gasteiger partial charge on any atom is -0.462 e. The van der Waals surface area contributed by atoms with Gasteiger partial charge in [-0.1, -0.05) is 80.8 Å². The van der Waals surface area contributed by atoms with Crippen LogP contribution >= 0.6 is 0 Å². The fourth-order valence-corrected chi connectivity index (χ4v) is 4.91. The van der Waals surface area contributed by atoms with Crippen LogP contribution in [0.2, 0.25) is 0 Å². The molecule has 0 heterocycles. The first-order chi connectivity index (χ1) is 21.2. The Morgan fingerprint density at radius 3 is 1.25 bits per heavy atom. The molecule has 0 saturated heterocycles. The average Bonchev–Trinajstić information content (AvgIpc) is 3.02. The Morgan fingerprint density at radius 2 is 0.886 bits per heavy atom. The molecule has 44 heavy (non-hydrogen) atoms. The SMILES string of the molecule is C=C(C)C(=O)OCCCCCCc1ccc(N(c2ccc(C)cc2)c2ccc(CCCCCCOC(=O)C(=C)C)cc2)cc1. The summed E-state index contributed by atoms with van der Waals surface area (Å²) in [6.45, 7) is 13.6. The normalized spacial score (nSPS) is 10.7. The quantitative estimate of drug-likeness (QED) is 0.0784. The van der Waals surface area contributed by atoms with E-state index in [-0.39, 0.29) is 11.9 Å². The topological polar surface area (TPSA) is 55.8 Å². The fraction of sp³-hybridized carbons (Fsp3) is 0.385. The molecule has 0 amide bonds. The van der Waals surface area contributed by atoms with Gasteiger partial charge in [-0.05, 0) is 107 Å². The van der Waals surface area contributed by atoms with E-state index < -0.39 is 0 Å². The number of unbranched alkanes of at least 4 members (excludes halogenated alkanes) is 6. The lowest BCUT2D eigenvalue weighted by Gasteiger charge is -2.26. The molecule has 0 unspecified atom stereocenters. The minimum atomic E-state index is -0.301. The van der Waals surface area contributed by atoms with Gasteiger partial charge in [0.25, 0.3) is 0 Å². The van der Waals surface area contributed by atoms with Crippen molar-refractivity contribution in [3.05, 3.63) is 114 Å². The highest BCUT2D eigenvalue weighted by molar-refractivity contribution is 5.87. The van der Waals surface area contributed by atoms with E-state index in [0.29, 0.717) is 24.4 Å². The summed E-state index contributed by atoms with van der Waals surface area (Å²) in [7, 11) is 0. The van der Waals surface area contributed by atoms with Crippen molar-refractivity contribution in [2.75, 3.05) is 18.1 Å². The molecule has 0 saturated carbocycles. The van der Waals surface area contributed by atoms with Gasteiger partial charge < -0.3 is 14.4 Å². The molecular weight excluding hydrogens is 546 g/mol. The first-order valence-electron chi connectivity index (χ1n) is 15.9. The predicted molar refractivity (Wildman–Crippen MR) is 182 cm³/mol. The third-order valence-corrected chi connectivity index (χ3v) is 7.56. The van der Waals surface area contributed by atoms with Gasteiger partial charge in [-0.2, -0.15) is 0 Å². The standard InChI is InChI=1S/C39H49NO4/c1-30(2)38(41)43-28-12-8-6-10-14-33-18-24-36(25-19-33)40(35-22-16-32(5)17-23-35)37-26-20-34(21-27-37)15-11-7-9-13-29-44-39(42)31(3)4/h16-27H,1,3,6-15,28-29H2,2,4-5H3. The van der Waals surface area contributed by atoms with Crippen LogP contribution in [0.3, 0.4) is 0 Å². The first-order valence-corrected chi connectivity index (χ1v) is 15.9. The monoisotopic (exact) mass is 595 g/mol. The summed E-state index contributed by atoms with van der Waals surface area (Å²) in [5.74, 6) is -0.602. The minimum absolute atomic E-state index is 0.301. The van der Waals surface area contributed by atoms with Gasteiger partial charge >= 0.3 is 11.9 Å². The highest BCUT2D eigenvalue weighted by Gasteiger charge is 2.13. The van der Waals surface area contributed by atoms with Crippen molar-refractivity contribution in [3.8, 4) is 0 Å². The second-order valence-corrected chi connectivity index (χ2v) is 11.7. The summed E-state index contributed by atoms with van der Waals surface area (Å²) in [4.78, 5) is 25.2. The van der Waals surface area contributed by atoms with Crippen molar-refractivity contribution >= 4 is 29.0 Å². The molecule has 0 radical (unpaired) electrons. The number of ether oxygens (including phenoxy) is 2. The number of carbonyl (C=O) groups is 2. The van der Waals surface area contributed by atoms with Crippen LogP contribution in [0.1, 0.15) is 81.9 Å².